The first-order valence-corrected chi connectivity index (χ1v) is 3.36. The second-order valence-electron chi connectivity index (χ2n) is 1.73. The van der Waals surface area contributed by atoms with Crippen LogP contribution in [0, 0.1) is 0 Å². The average Bonchev–Trinajstić information content (AvgIpc) is 1.97. The smallest absolute Gasteiger partial charge is 0.135 e. The zero-order valence-electron chi connectivity index (χ0n) is 6.29. The summed E-state index contributed by atoms with van der Waals surface area (Å²) in [4.78, 5) is 4.80. The minimum atomic E-state index is 0.539. The summed E-state index contributed by atoms with van der Waals surface area (Å²) < 4.78 is 0. The van der Waals surface area contributed by atoms with Crippen molar-refractivity contribution in [3.8, 4) is 0 Å². The van der Waals surface area contributed by atoms with Gasteiger partial charge in [0.2, 0.25) is 0 Å². The molecule has 0 saturated heterocycles. The molecule has 0 rings (SSSR count). The van der Waals surface area contributed by atoms with Gasteiger partial charge in [0.25, 0.3) is 0 Å². The summed E-state index contributed by atoms with van der Waals surface area (Å²) in [7, 11) is 0. The van der Waals surface area contributed by atoms with E-state index < -0.39 is 0 Å². The molecule has 3 nitrogen and oxygen atoms in total. The van der Waals surface area contributed by atoms with Gasteiger partial charge in [-0.2, -0.15) is 0 Å². The van der Waals surface area contributed by atoms with Crippen molar-refractivity contribution in [3.63, 3.8) is 0 Å². The van der Waals surface area contributed by atoms with Crippen molar-refractivity contribution >= 4 is 6.21 Å². The molecule has 2 N–H and O–H groups in total. The number of nitrogens with zero attached hydrogens (tertiary/aromatic N) is 1. The quantitative estimate of drug-likeness (QED) is 0.268. The minimum Gasteiger partial charge on any atom is -0.392 e. The highest BCUT2D eigenvalue weighted by Crippen LogP contribution is 1.77. The predicted octanol–water partition coefficient (Wildman–Crippen LogP) is 0.914. The second-order valence-corrected chi connectivity index (χ2v) is 1.73. The third kappa shape index (κ3) is 7.17. The van der Waals surface area contributed by atoms with E-state index in [-0.39, 0.29) is 0 Å². The van der Waals surface area contributed by atoms with Crippen LogP contribution in [-0.2, 0) is 4.84 Å². The van der Waals surface area contributed by atoms with Gasteiger partial charge in [-0.15, -0.1) is 0 Å². The molecule has 10 heavy (non-hydrogen) atoms. The van der Waals surface area contributed by atoms with Crippen molar-refractivity contribution in [2.24, 2.45) is 10.9 Å². The van der Waals surface area contributed by atoms with Gasteiger partial charge in [-0.25, -0.2) is 0 Å². The lowest BCUT2D eigenvalue weighted by Crippen LogP contribution is -1.98. The van der Waals surface area contributed by atoms with E-state index in [4.69, 9.17) is 10.6 Å². The molecular formula is C7H14N2O. The molecule has 0 aromatic carbocycles. The maximum absolute atomic E-state index is 5.21. The molecule has 0 aromatic rings. The number of nitrogens with two attached hydrogens (primary N) is 1. The van der Waals surface area contributed by atoms with E-state index in [0.717, 1.165) is 6.42 Å². The van der Waals surface area contributed by atoms with Gasteiger partial charge in [0.05, 0.1) is 0 Å². The Hall–Kier alpha value is -0.830. The highest BCUT2D eigenvalue weighted by Gasteiger charge is 1.74. The lowest BCUT2D eigenvalue weighted by atomic mass is 10.5. The summed E-state index contributed by atoms with van der Waals surface area (Å²) >= 11 is 0. The molecule has 0 spiro atoms. The summed E-state index contributed by atoms with van der Waals surface area (Å²) in [6.45, 7) is 3.10. The average molecular weight is 142 g/mol. The molecule has 0 aliphatic rings. The molecule has 0 aliphatic heterocycles. The monoisotopic (exact) mass is 142 g/mol. The van der Waals surface area contributed by atoms with Crippen molar-refractivity contribution in [3.05, 3.63) is 12.2 Å². The van der Waals surface area contributed by atoms with Crippen molar-refractivity contribution in [2.45, 2.75) is 13.3 Å². The van der Waals surface area contributed by atoms with E-state index >= 15 is 0 Å². The Kier molecular flexibility index (Phi) is 7.49. The third-order valence-electron chi connectivity index (χ3n) is 0.851. The first-order valence-electron chi connectivity index (χ1n) is 3.36. The third-order valence-corrected chi connectivity index (χ3v) is 0.851. The van der Waals surface area contributed by atoms with Gasteiger partial charge in [-0.3, -0.25) is 0 Å². The summed E-state index contributed by atoms with van der Waals surface area (Å²) in [6, 6.07) is 0. The van der Waals surface area contributed by atoms with Crippen LogP contribution in [0.15, 0.2) is 17.3 Å². The highest BCUT2D eigenvalue weighted by atomic mass is 16.6. The summed E-state index contributed by atoms with van der Waals surface area (Å²) in [5.74, 6) is 0. The van der Waals surface area contributed by atoms with Gasteiger partial charge in [-0.05, 0) is 26.0 Å². The van der Waals surface area contributed by atoms with Crippen LogP contribution in [-0.4, -0.2) is 19.4 Å². The van der Waals surface area contributed by atoms with E-state index in [1.54, 1.807) is 6.21 Å². The molecule has 0 atom stereocenters. The minimum absolute atomic E-state index is 0.539. The molecule has 3 heteroatoms. The number of hydrogen-bond acceptors (Lipinski definition) is 3. The van der Waals surface area contributed by atoms with E-state index in [9.17, 15) is 0 Å². The first-order chi connectivity index (χ1) is 4.91. The summed E-state index contributed by atoms with van der Waals surface area (Å²) in [6.07, 6.45) is 6.25. The van der Waals surface area contributed by atoms with Gasteiger partial charge in [0.1, 0.15) is 6.61 Å². The van der Waals surface area contributed by atoms with E-state index in [1.165, 1.54) is 0 Å². The molecule has 0 heterocycles. The molecule has 0 radical (unpaired) electrons. The molecule has 0 aromatic heterocycles. The van der Waals surface area contributed by atoms with Crippen LogP contribution in [0.3, 0.4) is 0 Å². The summed E-state index contributed by atoms with van der Waals surface area (Å²) in [5.41, 5.74) is 5.21. The zero-order chi connectivity index (χ0) is 7.66. The van der Waals surface area contributed by atoms with Gasteiger partial charge in [0, 0.05) is 6.21 Å². The van der Waals surface area contributed by atoms with Crippen LogP contribution in [0.25, 0.3) is 0 Å². The fraction of sp³-hybridized carbons (Fsp3) is 0.571. The number of oxime groups is 1. The fourth-order valence-corrected chi connectivity index (χ4v) is 0.362. The fourth-order valence-electron chi connectivity index (χ4n) is 0.362. The van der Waals surface area contributed by atoms with Crippen molar-refractivity contribution in [1.82, 2.24) is 0 Å². The Bertz CT molecular complexity index is 110. The standard InChI is InChI=1S/C7H14N2O/c1-2-3-7-10-9-6-4-5-8/h2-3,6H,4-5,7-8H2,1H3. The van der Waals surface area contributed by atoms with Crippen LogP contribution >= 0.6 is 0 Å². The van der Waals surface area contributed by atoms with Gasteiger partial charge in [0.15, 0.2) is 0 Å². The van der Waals surface area contributed by atoms with Crippen molar-refractivity contribution in [2.75, 3.05) is 13.2 Å². The Labute approximate surface area is 61.5 Å². The lowest BCUT2D eigenvalue weighted by molar-refractivity contribution is 0.175. The molecule has 58 valence electrons. The zero-order valence-corrected chi connectivity index (χ0v) is 6.29. The van der Waals surface area contributed by atoms with E-state index in [2.05, 4.69) is 5.16 Å². The lowest BCUT2D eigenvalue weighted by Gasteiger charge is -1.90. The van der Waals surface area contributed by atoms with Crippen LogP contribution < -0.4 is 5.73 Å². The SMILES string of the molecule is CC=CCON=CCCN. The number of allylic oxidation sites excluding steroid dienone is 1. The Morgan fingerprint density at radius 2 is 2.40 bits per heavy atom. The molecule has 0 saturated carbocycles. The van der Waals surface area contributed by atoms with Crippen LogP contribution in [0.5, 0.6) is 0 Å². The molecule has 0 bridgehead atoms. The first kappa shape index (κ1) is 9.17. The highest BCUT2D eigenvalue weighted by molar-refractivity contribution is 5.56. The van der Waals surface area contributed by atoms with E-state index in [1.807, 2.05) is 19.1 Å². The molecular weight excluding hydrogens is 128 g/mol. The van der Waals surface area contributed by atoms with Gasteiger partial charge in [-0.1, -0.05) is 11.2 Å². The van der Waals surface area contributed by atoms with Crippen LogP contribution in [0.2, 0.25) is 0 Å². The molecule has 0 aliphatic carbocycles. The summed E-state index contributed by atoms with van der Waals surface area (Å²) in [5, 5.41) is 3.64. The van der Waals surface area contributed by atoms with Crippen molar-refractivity contribution in [1.29, 1.82) is 0 Å². The number of rotatable bonds is 5. The number of hydrogen-bond donors (Lipinski definition) is 1. The van der Waals surface area contributed by atoms with Crippen LogP contribution in [0.4, 0.5) is 0 Å². The molecule has 0 unspecified atom stereocenters. The Balaban J connectivity index is 3.02. The largest absolute Gasteiger partial charge is 0.392 e. The molecule has 0 fully saturated rings. The van der Waals surface area contributed by atoms with Crippen LogP contribution in [0.1, 0.15) is 13.3 Å². The maximum Gasteiger partial charge on any atom is 0.135 e. The van der Waals surface area contributed by atoms with Gasteiger partial charge < -0.3 is 10.6 Å². The molecule has 0 amide bonds. The van der Waals surface area contributed by atoms with Crippen molar-refractivity contribution < 1.29 is 4.84 Å². The topological polar surface area (TPSA) is 47.6 Å². The predicted molar refractivity (Wildman–Crippen MR) is 42.9 cm³/mol. The Morgan fingerprint density at radius 1 is 1.60 bits per heavy atom. The van der Waals surface area contributed by atoms with Gasteiger partial charge >= 0.3 is 0 Å². The Morgan fingerprint density at radius 3 is 3.00 bits per heavy atom. The second kappa shape index (κ2) is 8.17. The van der Waals surface area contributed by atoms with E-state index in [0.29, 0.717) is 13.2 Å². The normalized spacial score (nSPS) is 11.4. The maximum atomic E-state index is 5.21.